The number of methoxy groups -OCH3 is 1. The summed E-state index contributed by atoms with van der Waals surface area (Å²) in [6.45, 7) is 1.52. The Morgan fingerprint density at radius 3 is 2.42 bits per heavy atom. The van der Waals surface area contributed by atoms with Gasteiger partial charge in [0.2, 0.25) is 5.95 Å². The second-order valence-corrected chi connectivity index (χ2v) is 6.12. The van der Waals surface area contributed by atoms with Crippen molar-refractivity contribution in [1.29, 1.82) is 0 Å². The molecule has 0 amide bonds. The van der Waals surface area contributed by atoms with Crippen molar-refractivity contribution in [3.8, 4) is 5.75 Å². The maximum Gasteiger partial charge on any atom is 0.229 e. The SMILES string of the molecule is COc1ccc(Nc2nc(N)cc(CN(C)Cc3ccccc3)n2)cc1. The third kappa shape index (κ3) is 4.94. The van der Waals surface area contributed by atoms with E-state index < -0.39 is 0 Å². The number of hydrogen-bond acceptors (Lipinski definition) is 6. The molecule has 0 atom stereocenters. The Bertz CT molecular complexity index is 837. The number of benzene rings is 2. The van der Waals surface area contributed by atoms with E-state index in [1.165, 1.54) is 5.56 Å². The van der Waals surface area contributed by atoms with Crippen molar-refractivity contribution < 1.29 is 4.74 Å². The molecule has 3 N–H and O–H groups in total. The van der Waals surface area contributed by atoms with Gasteiger partial charge >= 0.3 is 0 Å². The van der Waals surface area contributed by atoms with Crippen molar-refractivity contribution >= 4 is 17.5 Å². The Labute approximate surface area is 153 Å². The normalized spacial score (nSPS) is 10.7. The molecule has 1 aromatic heterocycles. The highest BCUT2D eigenvalue weighted by Crippen LogP contribution is 2.19. The van der Waals surface area contributed by atoms with Crippen LogP contribution in [0.1, 0.15) is 11.3 Å². The molecule has 0 fully saturated rings. The number of ether oxygens (including phenoxy) is 1. The number of nitrogens with two attached hydrogens (primary N) is 1. The molecule has 0 aliphatic heterocycles. The van der Waals surface area contributed by atoms with E-state index in [-0.39, 0.29) is 0 Å². The molecular weight excluding hydrogens is 326 g/mol. The Kier molecular flexibility index (Phi) is 5.66. The van der Waals surface area contributed by atoms with Crippen LogP contribution in [0.4, 0.5) is 17.5 Å². The van der Waals surface area contributed by atoms with Crippen LogP contribution in [0.5, 0.6) is 5.75 Å². The lowest BCUT2D eigenvalue weighted by Gasteiger charge is -2.17. The summed E-state index contributed by atoms with van der Waals surface area (Å²) in [6.07, 6.45) is 0. The first-order valence-corrected chi connectivity index (χ1v) is 8.39. The van der Waals surface area contributed by atoms with E-state index in [2.05, 4.69) is 39.4 Å². The third-order valence-electron chi connectivity index (χ3n) is 3.87. The van der Waals surface area contributed by atoms with Crippen molar-refractivity contribution in [3.05, 3.63) is 71.9 Å². The first-order chi connectivity index (χ1) is 12.6. The van der Waals surface area contributed by atoms with Crippen LogP contribution in [0.25, 0.3) is 0 Å². The highest BCUT2D eigenvalue weighted by atomic mass is 16.5. The number of nitrogens with one attached hydrogen (secondary N) is 1. The van der Waals surface area contributed by atoms with Gasteiger partial charge in [0.1, 0.15) is 11.6 Å². The van der Waals surface area contributed by atoms with Crippen LogP contribution in [0.2, 0.25) is 0 Å². The lowest BCUT2D eigenvalue weighted by Crippen LogP contribution is -2.18. The summed E-state index contributed by atoms with van der Waals surface area (Å²) >= 11 is 0. The molecule has 0 saturated carbocycles. The van der Waals surface area contributed by atoms with Gasteiger partial charge in [-0.3, -0.25) is 4.90 Å². The van der Waals surface area contributed by atoms with E-state index in [1.807, 2.05) is 42.5 Å². The molecule has 3 rings (SSSR count). The minimum absolute atomic E-state index is 0.444. The molecule has 3 aromatic rings. The van der Waals surface area contributed by atoms with E-state index in [0.717, 1.165) is 23.7 Å². The molecule has 0 aliphatic carbocycles. The molecule has 0 saturated heterocycles. The predicted molar refractivity (Wildman–Crippen MR) is 104 cm³/mol. The lowest BCUT2D eigenvalue weighted by atomic mass is 10.2. The second-order valence-electron chi connectivity index (χ2n) is 6.12. The maximum atomic E-state index is 5.96. The predicted octanol–water partition coefficient (Wildman–Crippen LogP) is 3.44. The third-order valence-corrected chi connectivity index (χ3v) is 3.87. The number of rotatable bonds is 7. The fraction of sp³-hybridized carbons (Fsp3) is 0.200. The van der Waals surface area contributed by atoms with Crippen molar-refractivity contribution in [2.24, 2.45) is 0 Å². The summed E-state index contributed by atoms with van der Waals surface area (Å²) in [7, 11) is 3.70. The standard InChI is InChI=1S/C20H23N5O/c1-25(13-15-6-4-3-5-7-15)14-17-12-19(21)24-20(23-17)22-16-8-10-18(26-2)11-9-16/h3-12H,13-14H2,1-2H3,(H3,21,22,23,24). The average Bonchev–Trinajstić information content (AvgIpc) is 2.62. The first-order valence-electron chi connectivity index (χ1n) is 8.39. The van der Waals surface area contributed by atoms with Gasteiger partial charge in [-0.25, -0.2) is 4.98 Å². The number of aromatic nitrogens is 2. The fourth-order valence-electron chi connectivity index (χ4n) is 2.69. The topological polar surface area (TPSA) is 76.3 Å². The van der Waals surface area contributed by atoms with Gasteiger partial charge in [0.25, 0.3) is 0 Å². The van der Waals surface area contributed by atoms with Gasteiger partial charge in [0.05, 0.1) is 12.8 Å². The lowest BCUT2D eigenvalue weighted by molar-refractivity contribution is 0.315. The minimum atomic E-state index is 0.444. The van der Waals surface area contributed by atoms with Crippen molar-refractivity contribution in [2.75, 3.05) is 25.2 Å². The Hall–Kier alpha value is -3.12. The fourth-order valence-corrected chi connectivity index (χ4v) is 2.69. The zero-order valence-electron chi connectivity index (χ0n) is 15.0. The molecule has 0 spiro atoms. The van der Waals surface area contributed by atoms with E-state index in [4.69, 9.17) is 10.5 Å². The molecule has 0 aliphatic rings. The Balaban J connectivity index is 1.68. The van der Waals surface area contributed by atoms with Crippen LogP contribution in [-0.2, 0) is 13.1 Å². The molecule has 26 heavy (non-hydrogen) atoms. The van der Waals surface area contributed by atoms with Crippen LogP contribution in [0, 0.1) is 0 Å². The highest BCUT2D eigenvalue weighted by molar-refractivity contribution is 5.55. The van der Waals surface area contributed by atoms with Crippen LogP contribution in [0.3, 0.4) is 0 Å². The van der Waals surface area contributed by atoms with Gasteiger partial charge in [0, 0.05) is 24.8 Å². The summed E-state index contributed by atoms with van der Waals surface area (Å²) in [5.74, 6) is 1.73. The summed E-state index contributed by atoms with van der Waals surface area (Å²) in [4.78, 5) is 11.0. The van der Waals surface area contributed by atoms with Crippen LogP contribution in [0.15, 0.2) is 60.7 Å². The number of hydrogen-bond donors (Lipinski definition) is 2. The molecule has 6 nitrogen and oxygen atoms in total. The average molecular weight is 349 g/mol. The van der Waals surface area contributed by atoms with Crippen LogP contribution >= 0.6 is 0 Å². The number of nitrogen functional groups attached to an aromatic ring is 1. The minimum Gasteiger partial charge on any atom is -0.497 e. The van der Waals surface area contributed by atoms with E-state index >= 15 is 0 Å². The van der Waals surface area contributed by atoms with Crippen molar-refractivity contribution in [1.82, 2.24) is 14.9 Å². The van der Waals surface area contributed by atoms with Gasteiger partial charge in [-0.05, 0) is 36.9 Å². The van der Waals surface area contributed by atoms with E-state index in [1.54, 1.807) is 13.2 Å². The molecule has 2 aromatic carbocycles. The highest BCUT2D eigenvalue weighted by Gasteiger charge is 2.07. The summed E-state index contributed by atoms with van der Waals surface area (Å²) < 4.78 is 5.17. The summed E-state index contributed by atoms with van der Waals surface area (Å²) in [5.41, 5.74) is 8.96. The summed E-state index contributed by atoms with van der Waals surface area (Å²) in [6, 6.07) is 19.7. The number of anilines is 3. The molecular formula is C20H23N5O. The molecule has 1 heterocycles. The Morgan fingerprint density at radius 1 is 1.00 bits per heavy atom. The van der Waals surface area contributed by atoms with Crippen LogP contribution in [-0.4, -0.2) is 29.0 Å². The van der Waals surface area contributed by atoms with Gasteiger partial charge < -0.3 is 15.8 Å². The summed E-state index contributed by atoms with van der Waals surface area (Å²) in [5, 5.41) is 3.18. The zero-order valence-corrected chi connectivity index (χ0v) is 15.0. The maximum absolute atomic E-state index is 5.96. The molecule has 6 heteroatoms. The van der Waals surface area contributed by atoms with Crippen LogP contribution < -0.4 is 15.8 Å². The molecule has 0 bridgehead atoms. The van der Waals surface area contributed by atoms with E-state index in [9.17, 15) is 0 Å². The molecule has 0 radical (unpaired) electrons. The molecule has 0 unspecified atom stereocenters. The smallest absolute Gasteiger partial charge is 0.229 e. The Morgan fingerprint density at radius 2 is 1.73 bits per heavy atom. The largest absolute Gasteiger partial charge is 0.497 e. The van der Waals surface area contributed by atoms with Crippen molar-refractivity contribution in [3.63, 3.8) is 0 Å². The monoisotopic (exact) mass is 349 g/mol. The van der Waals surface area contributed by atoms with E-state index in [0.29, 0.717) is 18.3 Å². The van der Waals surface area contributed by atoms with Crippen molar-refractivity contribution in [2.45, 2.75) is 13.1 Å². The quantitative estimate of drug-likeness (QED) is 0.680. The van der Waals surface area contributed by atoms with Gasteiger partial charge in [0.15, 0.2) is 0 Å². The molecule has 134 valence electrons. The van der Waals surface area contributed by atoms with Gasteiger partial charge in [-0.1, -0.05) is 30.3 Å². The first kappa shape index (κ1) is 17.7. The second kappa shape index (κ2) is 8.31. The van der Waals surface area contributed by atoms with Gasteiger partial charge in [-0.15, -0.1) is 0 Å². The number of nitrogens with zero attached hydrogens (tertiary/aromatic N) is 3. The zero-order chi connectivity index (χ0) is 18.4. The van der Waals surface area contributed by atoms with Gasteiger partial charge in [-0.2, -0.15) is 4.98 Å².